The highest BCUT2D eigenvalue weighted by Crippen LogP contribution is 2.47. The van der Waals surface area contributed by atoms with Crippen molar-refractivity contribution in [2.45, 2.75) is 19.3 Å². The molecule has 1 N–H and O–H groups in total. The van der Waals surface area contributed by atoms with Gasteiger partial charge in [0.1, 0.15) is 29.6 Å². The molecule has 0 aliphatic carbocycles. The average Bonchev–Trinajstić information content (AvgIpc) is 3.23. The van der Waals surface area contributed by atoms with E-state index in [9.17, 15) is 5.11 Å². The number of hydrogen-bond acceptors (Lipinski definition) is 6. The summed E-state index contributed by atoms with van der Waals surface area (Å²) in [6, 6.07) is 21.0. The Morgan fingerprint density at radius 2 is 1.54 bits per heavy atom. The van der Waals surface area contributed by atoms with Crippen molar-refractivity contribution in [1.82, 2.24) is 4.90 Å². The van der Waals surface area contributed by atoms with Crippen LogP contribution in [-0.4, -0.2) is 43.4 Å². The molecule has 0 unspecified atom stereocenters. The number of hydrogen-bond donors (Lipinski definition) is 1. The number of fused-ring (bicyclic) bond motifs is 1. The molecule has 5 nitrogen and oxygen atoms in total. The number of methoxy groups -OCH3 is 1. The average molecular weight is 512 g/mol. The first kappa shape index (κ1) is 25.2. The van der Waals surface area contributed by atoms with E-state index in [-0.39, 0.29) is 18.2 Å². The van der Waals surface area contributed by atoms with E-state index in [1.807, 2.05) is 54.6 Å². The molecule has 7 heteroatoms. The summed E-state index contributed by atoms with van der Waals surface area (Å²) in [5.41, 5.74) is 0.991. The van der Waals surface area contributed by atoms with Crippen LogP contribution in [-0.2, 0) is 0 Å². The van der Waals surface area contributed by atoms with Crippen LogP contribution in [0.5, 0.6) is 28.7 Å². The van der Waals surface area contributed by atoms with Crippen LogP contribution in [0.4, 0.5) is 0 Å². The molecule has 0 spiro atoms. The number of piperidine rings is 1. The smallest absolute Gasteiger partial charge is 0.153 e. The summed E-state index contributed by atoms with van der Waals surface area (Å²) in [5, 5.41) is 10.7. The van der Waals surface area contributed by atoms with Gasteiger partial charge in [0.25, 0.3) is 0 Å². The number of halogens is 1. The van der Waals surface area contributed by atoms with Gasteiger partial charge in [-0.05, 0) is 98.2 Å². The van der Waals surface area contributed by atoms with E-state index in [0.29, 0.717) is 6.61 Å². The van der Waals surface area contributed by atoms with Gasteiger partial charge in [-0.25, -0.2) is 0 Å². The van der Waals surface area contributed by atoms with Crippen LogP contribution in [0, 0.1) is 0 Å². The van der Waals surface area contributed by atoms with Crippen molar-refractivity contribution in [2.24, 2.45) is 0 Å². The monoisotopic (exact) mass is 511 g/mol. The van der Waals surface area contributed by atoms with E-state index >= 15 is 0 Å². The fourth-order valence-electron chi connectivity index (χ4n) is 4.28. The molecule has 1 fully saturated rings. The van der Waals surface area contributed by atoms with Crippen molar-refractivity contribution in [3.8, 4) is 39.2 Å². The lowest BCUT2D eigenvalue weighted by molar-refractivity contribution is 0.183. The van der Waals surface area contributed by atoms with Crippen molar-refractivity contribution < 1.29 is 19.3 Å². The third kappa shape index (κ3) is 6.01. The number of aromatic hydroxyl groups is 1. The molecule has 0 saturated carbocycles. The van der Waals surface area contributed by atoms with E-state index in [1.165, 1.54) is 32.4 Å². The number of likely N-dealkylation sites (tertiary alicyclic amines) is 1. The molecular formula is C28H30ClNO4S. The molecule has 2 heterocycles. The normalized spacial score (nSPS) is 13.9. The molecule has 5 rings (SSSR count). The first-order valence-electron chi connectivity index (χ1n) is 11.7. The SMILES string of the molecule is COc1ccc2c(Oc3ccc(OCCN4CCCCC4)cc3)c(-c3ccc(O)cc3)sc2c1.Cl. The summed E-state index contributed by atoms with van der Waals surface area (Å²) in [4.78, 5) is 3.48. The summed E-state index contributed by atoms with van der Waals surface area (Å²) in [5.74, 6) is 3.45. The Kier molecular flexibility index (Phi) is 8.39. The molecule has 3 aromatic carbocycles. The number of nitrogens with zero attached hydrogens (tertiary/aromatic N) is 1. The number of benzene rings is 3. The molecule has 184 valence electrons. The molecule has 0 radical (unpaired) electrons. The predicted octanol–water partition coefficient (Wildman–Crippen LogP) is 7.36. The van der Waals surface area contributed by atoms with Crippen LogP contribution in [0.15, 0.2) is 66.7 Å². The first-order valence-corrected chi connectivity index (χ1v) is 12.5. The molecule has 0 atom stereocenters. The Morgan fingerprint density at radius 1 is 0.857 bits per heavy atom. The number of thiophene rings is 1. The zero-order valence-electron chi connectivity index (χ0n) is 19.7. The van der Waals surface area contributed by atoms with Crippen molar-refractivity contribution >= 4 is 33.8 Å². The largest absolute Gasteiger partial charge is 0.508 e. The van der Waals surface area contributed by atoms with Crippen LogP contribution in [0.2, 0.25) is 0 Å². The molecular weight excluding hydrogens is 482 g/mol. The second-order valence-corrected chi connectivity index (χ2v) is 9.55. The van der Waals surface area contributed by atoms with E-state index in [2.05, 4.69) is 4.90 Å². The lowest BCUT2D eigenvalue weighted by atomic mass is 10.1. The fourth-order valence-corrected chi connectivity index (χ4v) is 5.45. The second kappa shape index (κ2) is 11.7. The number of ether oxygens (including phenoxy) is 3. The summed E-state index contributed by atoms with van der Waals surface area (Å²) >= 11 is 1.64. The maximum absolute atomic E-state index is 9.72. The predicted molar refractivity (Wildman–Crippen MR) is 145 cm³/mol. The Bertz CT molecular complexity index is 1230. The highest BCUT2D eigenvalue weighted by atomic mass is 35.5. The van der Waals surface area contributed by atoms with Gasteiger partial charge in [-0.1, -0.05) is 6.42 Å². The van der Waals surface area contributed by atoms with Crippen LogP contribution < -0.4 is 14.2 Å². The molecule has 1 aliphatic heterocycles. The maximum Gasteiger partial charge on any atom is 0.153 e. The van der Waals surface area contributed by atoms with Crippen molar-refractivity contribution in [3.63, 3.8) is 0 Å². The zero-order chi connectivity index (χ0) is 23.3. The van der Waals surface area contributed by atoms with Crippen LogP contribution in [0.25, 0.3) is 20.5 Å². The summed E-state index contributed by atoms with van der Waals surface area (Å²) in [6.45, 7) is 4.03. The van der Waals surface area contributed by atoms with E-state index in [1.54, 1.807) is 30.6 Å². The fraction of sp³-hybridized carbons (Fsp3) is 0.286. The van der Waals surface area contributed by atoms with Gasteiger partial charge in [-0.3, -0.25) is 4.90 Å². The first-order chi connectivity index (χ1) is 16.7. The quantitative estimate of drug-likeness (QED) is 0.268. The summed E-state index contributed by atoms with van der Waals surface area (Å²) in [6.07, 6.45) is 3.94. The van der Waals surface area contributed by atoms with Gasteiger partial charge in [-0.2, -0.15) is 0 Å². The molecule has 1 aromatic heterocycles. The van der Waals surface area contributed by atoms with Gasteiger partial charge in [0.05, 0.1) is 12.0 Å². The Balaban J connectivity index is 0.00000289. The molecule has 1 saturated heterocycles. The van der Waals surface area contributed by atoms with Gasteiger partial charge in [0.15, 0.2) is 5.75 Å². The molecule has 1 aliphatic rings. The highest BCUT2D eigenvalue weighted by Gasteiger charge is 2.17. The van der Waals surface area contributed by atoms with E-state index < -0.39 is 0 Å². The summed E-state index contributed by atoms with van der Waals surface area (Å²) in [7, 11) is 1.67. The third-order valence-electron chi connectivity index (χ3n) is 6.15. The molecule has 0 amide bonds. The Hall–Kier alpha value is -2.93. The van der Waals surface area contributed by atoms with Crippen molar-refractivity contribution in [2.75, 3.05) is 33.4 Å². The topological polar surface area (TPSA) is 51.2 Å². The Morgan fingerprint density at radius 3 is 2.26 bits per heavy atom. The third-order valence-corrected chi connectivity index (χ3v) is 7.33. The number of rotatable bonds is 8. The standard InChI is InChI=1S/C28H29NO4S.ClH/c1-31-24-13-14-25-26(19-24)34-28(20-5-7-21(30)8-6-20)27(25)33-23-11-9-22(10-12-23)32-18-17-29-15-3-2-4-16-29;/h5-14,19,30H,2-4,15-18H2,1H3;1H. The Labute approximate surface area is 216 Å². The second-order valence-electron chi connectivity index (χ2n) is 8.49. The van der Waals surface area contributed by atoms with E-state index in [0.717, 1.165) is 50.1 Å². The highest BCUT2D eigenvalue weighted by molar-refractivity contribution is 7.22. The zero-order valence-corrected chi connectivity index (χ0v) is 21.4. The minimum absolute atomic E-state index is 0. The molecule has 4 aromatic rings. The van der Waals surface area contributed by atoms with Crippen molar-refractivity contribution in [1.29, 1.82) is 0 Å². The molecule has 0 bridgehead atoms. The minimum Gasteiger partial charge on any atom is -0.508 e. The van der Waals surface area contributed by atoms with Gasteiger partial charge in [0, 0.05) is 16.6 Å². The van der Waals surface area contributed by atoms with Crippen molar-refractivity contribution in [3.05, 3.63) is 66.7 Å². The molecule has 35 heavy (non-hydrogen) atoms. The summed E-state index contributed by atoms with van der Waals surface area (Å²) < 4.78 is 18.9. The van der Waals surface area contributed by atoms with E-state index in [4.69, 9.17) is 14.2 Å². The van der Waals surface area contributed by atoms with Gasteiger partial charge >= 0.3 is 0 Å². The van der Waals surface area contributed by atoms with Gasteiger partial charge in [-0.15, -0.1) is 23.7 Å². The van der Waals surface area contributed by atoms with Gasteiger partial charge < -0.3 is 19.3 Å². The number of phenolic OH excluding ortho intramolecular Hbond substituents is 1. The lowest BCUT2D eigenvalue weighted by Crippen LogP contribution is -2.33. The minimum atomic E-state index is 0. The van der Waals surface area contributed by atoms with Crippen LogP contribution in [0.1, 0.15) is 19.3 Å². The van der Waals surface area contributed by atoms with Gasteiger partial charge in [0.2, 0.25) is 0 Å². The van der Waals surface area contributed by atoms with Crippen LogP contribution >= 0.6 is 23.7 Å². The maximum atomic E-state index is 9.72. The lowest BCUT2D eigenvalue weighted by Gasteiger charge is -2.26. The van der Waals surface area contributed by atoms with Crippen LogP contribution in [0.3, 0.4) is 0 Å². The number of phenols is 1.